The number of carbonyl (C=O) groups is 1. The number of rotatable bonds is 5. The van der Waals surface area contributed by atoms with Gasteiger partial charge in [-0.3, -0.25) is 10.1 Å². The molecule has 0 unspecified atom stereocenters. The Bertz CT molecular complexity index is 1530. The summed E-state index contributed by atoms with van der Waals surface area (Å²) >= 11 is 5.35. The number of carbonyl (C=O) groups excluding carboxylic acids is 1. The van der Waals surface area contributed by atoms with E-state index < -0.39 is 0 Å². The average molecular weight is 480 g/mol. The summed E-state index contributed by atoms with van der Waals surface area (Å²) in [6.07, 6.45) is 0. The number of nitrogens with zero attached hydrogens (tertiary/aromatic N) is 1. The third-order valence-electron chi connectivity index (χ3n) is 5.99. The molecule has 1 heterocycles. The molecule has 6 heteroatoms. The van der Waals surface area contributed by atoms with Crippen LogP contribution in [0.15, 0.2) is 89.3 Å². The monoisotopic (exact) mass is 479 g/mol. The molecule has 0 radical (unpaired) electrons. The van der Waals surface area contributed by atoms with Crippen LogP contribution in [0.2, 0.25) is 0 Å². The molecule has 1 amide bonds. The topological polar surface area (TPSA) is 67.2 Å². The minimum Gasteiger partial charge on any atom is -0.436 e. The Morgan fingerprint density at radius 2 is 1.74 bits per heavy atom. The minimum absolute atomic E-state index is 0.230. The average Bonchev–Trinajstić information content (AvgIpc) is 3.31. The first-order chi connectivity index (χ1) is 17.0. The summed E-state index contributed by atoms with van der Waals surface area (Å²) in [4.78, 5) is 17.4. The van der Waals surface area contributed by atoms with Gasteiger partial charge in [-0.15, -0.1) is 0 Å². The number of nitrogens with one attached hydrogen (secondary N) is 2. The highest BCUT2D eigenvalue weighted by molar-refractivity contribution is 7.80. The van der Waals surface area contributed by atoms with Gasteiger partial charge in [0, 0.05) is 17.7 Å². The van der Waals surface area contributed by atoms with E-state index in [0.717, 1.165) is 33.0 Å². The zero-order valence-electron chi connectivity index (χ0n) is 19.5. The van der Waals surface area contributed by atoms with Gasteiger partial charge in [-0.1, -0.05) is 68.4 Å². The van der Waals surface area contributed by atoms with Crippen LogP contribution in [0.3, 0.4) is 0 Å². The molecule has 5 nitrogen and oxygen atoms in total. The van der Waals surface area contributed by atoms with Crippen molar-refractivity contribution >= 4 is 45.1 Å². The van der Waals surface area contributed by atoms with Gasteiger partial charge in [0.15, 0.2) is 10.7 Å². The smallest absolute Gasteiger partial charge is 0.258 e. The highest BCUT2D eigenvalue weighted by Gasteiger charge is 2.12. The Morgan fingerprint density at radius 1 is 0.971 bits per heavy atom. The summed E-state index contributed by atoms with van der Waals surface area (Å²) < 4.78 is 5.95. The first-order valence-corrected chi connectivity index (χ1v) is 12.0. The molecule has 4 aromatic carbocycles. The van der Waals surface area contributed by atoms with Gasteiger partial charge in [-0.2, -0.15) is 0 Å². The van der Waals surface area contributed by atoms with E-state index in [-0.39, 0.29) is 11.0 Å². The largest absolute Gasteiger partial charge is 0.436 e. The quantitative estimate of drug-likeness (QED) is 0.279. The maximum absolute atomic E-state index is 12.8. The predicted molar refractivity (Wildman–Crippen MR) is 144 cm³/mol. The van der Waals surface area contributed by atoms with E-state index in [0.29, 0.717) is 23.9 Å². The van der Waals surface area contributed by atoms with E-state index in [4.69, 9.17) is 16.6 Å². The molecule has 2 N–H and O–H groups in total. The van der Waals surface area contributed by atoms with Crippen LogP contribution < -0.4 is 10.6 Å². The summed E-state index contributed by atoms with van der Waals surface area (Å²) in [6.45, 7) is 4.81. The van der Waals surface area contributed by atoms with Gasteiger partial charge in [0.05, 0.1) is 0 Å². The molecule has 0 fully saturated rings. The SMILES string of the molecule is CC(C)c1ccc2oc(-c3ccc(CNC(=S)NC(=O)c4cccc5ccccc45)cc3)nc2c1. The number of hydrogen-bond acceptors (Lipinski definition) is 4. The molecule has 0 aliphatic rings. The van der Waals surface area contributed by atoms with Crippen molar-refractivity contribution in [2.75, 3.05) is 0 Å². The fourth-order valence-corrected chi connectivity index (χ4v) is 4.18. The van der Waals surface area contributed by atoms with Gasteiger partial charge in [-0.05, 0) is 70.4 Å². The van der Waals surface area contributed by atoms with Gasteiger partial charge in [0.1, 0.15) is 5.52 Å². The van der Waals surface area contributed by atoms with Gasteiger partial charge in [0.2, 0.25) is 5.89 Å². The lowest BCUT2D eigenvalue weighted by molar-refractivity contribution is 0.0978. The summed E-state index contributed by atoms with van der Waals surface area (Å²) in [5, 5.41) is 8.08. The van der Waals surface area contributed by atoms with Gasteiger partial charge in [0.25, 0.3) is 5.91 Å². The Hall–Kier alpha value is -4.03. The Balaban J connectivity index is 1.22. The number of thiocarbonyl (C=S) groups is 1. The second kappa shape index (κ2) is 9.68. The highest BCUT2D eigenvalue weighted by Crippen LogP contribution is 2.27. The van der Waals surface area contributed by atoms with Crippen LogP contribution in [0.5, 0.6) is 0 Å². The van der Waals surface area contributed by atoms with Crippen molar-refractivity contribution in [3.05, 3.63) is 102 Å². The highest BCUT2D eigenvalue weighted by atomic mass is 32.1. The van der Waals surface area contributed by atoms with E-state index in [1.165, 1.54) is 5.56 Å². The van der Waals surface area contributed by atoms with Crippen molar-refractivity contribution < 1.29 is 9.21 Å². The van der Waals surface area contributed by atoms with Crippen molar-refractivity contribution in [1.82, 2.24) is 15.6 Å². The van der Waals surface area contributed by atoms with E-state index >= 15 is 0 Å². The summed E-state index contributed by atoms with van der Waals surface area (Å²) in [5.41, 5.74) is 5.40. The lowest BCUT2D eigenvalue weighted by atomic mass is 10.0. The second-order valence-electron chi connectivity index (χ2n) is 8.76. The molecule has 0 atom stereocenters. The molecule has 0 aliphatic heterocycles. The fraction of sp³-hybridized carbons (Fsp3) is 0.138. The Labute approximate surface area is 209 Å². The van der Waals surface area contributed by atoms with Crippen LogP contribution >= 0.6 is 12.2 Å². The lowest BCUT2D eigenvalue weighted by Crippen LogP contribution is -2.38. The molecule has 174 valence electrons. The predicted octanol–water partition coefficient (Wildman–Crippen LogP) is 6.58. The van der Waals surface area contributed by atoms with Crippen LogP contribution in [0, 0.1) is 0 Å². The van der Waals surface area contributed by atoms with Gasteiger partial charge < -0.3 is 9.73 Å². The second-order valence-corrected chi connectivity index (χ2v) is 9.17. The molecule has 0 saturated carbocycles. The van der Waals surface area contributed by atoms with E-state index in [2.05, 4.69) is 41.6 Å². The maximum Gasteiger partial charge on any atom is 0.258 e. The minimum atomic E-state index is -0.230. The van der Waals surface area contributed by atoms with Gasteiger partial charge >= 0.3 is 0 Å². The molecular weight excluding hydrogens is 454 g/mol. The van der Waals surface area contributed by atoms with Gasteiger partial charge in [-0.25, -0.2) is 4.98 Å². The summed E-state index contributed by atoms with van der Waals surface area (Å²) in [6, 6.07) is 27.5. The van der Waals surface area contributed by atoms with Crippen LogP contribution in [0.25, 0.3) is 33.3 Å². The number of benzene rings is 4. The van der Waals surface area contributed by atoms with E-state index in [9.17, 15) is 4.79 Å². The van der Waals surface area contributed by atoms with E-state index in [1.807, 2.05) is 66.7 Å². The summed E-state index contributed by atoms with van der Waals surface area (Å²) in [5.74, 6) is 0.804. The molecular formula is C29H25N3O2S. The molecule has 0 spiro atoms. The number of hydrogen-bond donors (Lipinski definition) is 2. The number of amides is 1. The van der Waals surface area contributed by atoms with Crippen LogP contribution in [0.1, 0.15) is 41.3 Å². The van der Waals surface area contributed by atoms with Crippen molar-refractivity contribution in [1.29, 1.82) is 0 Å². The van der Waals surface area contributed by atoms with E-state index in [1.54, 1.807) is 6.07 Å². The maximum atomic E-state index is 12.8. The van der Waals surface area contributed by atoms with Crippen molar-refractivity contribution in [2.24, 2.45) is 0 Å². The van der Waals surface area contributed by atoms with Crippen LogP contribution in [-0.4, -0.2) is 16.0 Å². The zero-order chi connectivity index (χ0) is 24.4. The number of oxazole rings is 1. The first kappa shape index (κ1) is 22.7. The zero-order valence-corrected chi connectivity index (χ0v) is 20.4. The Morgan fingerprint density at radius 3 is 2.54 bits per heavy atom. The molecule has 0 aliphatic carbocycles. The molecule has 35 heavy (non-hydrogen) atoms. The molecule has 0 saturated heterocycles. The van der Waals surface area contributed by atoms with Crippen molar-refractivity contribution in [3.8, 4) is 11.5 Å². The standard InChI is InChI=1S/C29H25N3O2S/c1-18(2)22-14-15-26-25(16-22)31-28(34-26)21-12-10-19(11-13-21)17-30-29(35)32-27(33)24-9-5-7-20-6-3-4-8-23(20)24/h3-16,18H,17H2,1-2H3,(H2,30,32,33,35). The number of fused-ring (bicyclic) bond motifs is 2. The third-order valence-corrected chi connectivity index (χ3v) is 6.24. The van der Waals surface area contributed by atoms with Crippen molar-refractivity contribution in [2.45, 2.75) is 26.3 Å². The molecule has 5 aromatic rings. The normalized spacial score (nSPS) is 11.2. The first-order valence-electron chi connectivity index (χ1n) is 11.5. The summed E-state index contributed by atoms with van der Waals surface area (Å²) in [7, 11) is 0. The number of aromatic nitrogens is 1. The lowest BCUT2D eigenvalue weighted by Gasteiger charge is -2.11. The molecule has 5 rings (SSSR count). The fourth-order valence-electron chi connectivity index (χ4n) is 4.01. The third kappa shape index (κ3) is 4.93. The molecule has 0 bridgehead atoms. The molecule has 1 aromatic heterocycles. The van der Waals surface area contributed by atoms with Crippen LogP contribution in [0.4, 0.5) is 0 Å². The Kier molecular flexibility index (Phi) is 6.29. The van der Waals surface area contributed by atoms with Crippen LogP contribution in [-0.2, 0) is 6.54 Å². The van der Waals surface area contributed by atoms with Crippen molar-refractivity contribution in [3.63, 3.8) is 0 Å².